The van der Waals surface area contributed by atoms with E-state index in [4.69, 9.17) is 9.84 Å². The summed E-state index contributed by atoms with van der Waals surface area (Å²) in [5, 5.41) is 8.95. The summed E-state index contributed by atoms with van der Waals surface area (Å²) in [5.41, 5.74) is -1.02. The van der Waals surface area contributed by atoms with Gasteiger partial charge in [-0.05, 0) is 38.1 Å². The van der Waals surface area contributed by atoms with Gasteiger partial charge in [-0.2, -0.15) is 0 Å². The summed E-state index contributed by atoms with van der Waals surface area (Å²) in [7, 11) is 0. The molecule has 3 aliphatic rings. The maximum Gasteiger partial charge on any atom is 0.335 e. The van der Waals surface area contributed by atoms with Crippen LogP contribution in [0.3, 0.4) is 0 Å². The van der Waals surface area contributed by atoms with Gasteiger partial charge in [0.05, 0.1) is 34.3 Å². The lowest BCUT2D eigenvalue weighted by Gasteiger charge is -2.25. The summed E-state index contributed by atoms with van der Waals surface area (Å²) in [4.78, 5) is 37.7. The summed E-state index contributed by atoms with van der Waals surface area (Å²) >= 11 is 0. The molecular weight excluding hydrogens is 298 g/mol. The number of ether oxygens (including phenoxy) is 1. The molecule has 6 heteroatoms. The molecule has 2 fully saturated rings. The van der Waals surface area contributed by atoms with Crippen molar-refractivity contribution in [1.82, 2.24) is 0 Å². The molecule has 4 atom stereocenters. The number of fused-ring (bicyclic) bond motifs is 5. The van der Waals surface area contributed by atoms with Crippen LogP contribution in [0.5, 0.6) is 0 Å². The Hall–Kier alpha value is -2.47. The van der Waals surface area contributed by atoms with Gasteiger partial charge in [0.25, 0.3) is 0 Å². The fourth-order valence-electron chi connectivity index (χ4n) is 4.04. The minimum Gasteiger partial charge on any atom is -0.478 e. The van der Waals surface area contributed by atoms with E-state index in [1.165, 1.54) is 24.3 Å². The second kappa shape index (κ2) is 4.08. The predicted molar refractivity (Wildman–Crippen MR) is 79.9 cm³/mol. The molecule has 0 radical (unpaired) electrons. The Morgan fingerprint density at radius 2 is 1.52 bits per heavy atom. The number of rotatable bonds is 2. The van der Waals surface area contributed by atoms with Gasteiger partial charge in [0.15, 0.2) is 0 Å². The van der Waals surface area contributed by atoms with E-state index in [1.807, 2.05) is 26.0 Å². The molecule has 0 saturated carbocycles. The van der Waals surface area contributed by atoms with Gasteiger partial charge in [-0.3, -0.25) is 9.59 Å². The van der Waals surface area contributed by atoms with Crippen LogP contribution in [0, 0.1) is 11.8 Å². The quantitative estimate of drug-likeness (QED) is 0.662. The molecule has 2 saturated heterocycles. The number of carbonyl (C=O) groups excluding carboxylic acids is 2. The molecule has 0 aromatic heterocycles. The van der Waals surface area contributed by atoms with Crippen molar-refractivity contribution in [2.75, 3.05) is 4.90 Å². The van der Waals surface area contributed by atoms with Gasteiger partial charge in [-0.1, -0.05) is 12.2 Å². The number of carbonyl (C=O) groups is 3. The number of carboxylic acids is 1. The molecule has 0 spiro atoms. The van der Waals surface area contributed by atoms with Crippen molar-refractivity contribution in [3.8, 4) is 0 Å². The van der Waals surface area contributed by atoms with E-state index in [-0.39, 0.29) is 17.4 Å². The summed E-state index contributed by atoms with van der Waals surface area (Å²) < 4.78 is 5.93. The van der Waals surface area contributed by atoms with Crippen molar-refractivity contribution in [2.24, 2.45) is 11.8 Å². The Balaban J connectivity index is 1.75. The average Bonchev–Trinajstić information content (AvgIpc) is 3.04. The molecule has 2 amide bonds. The van der Waals surface area contributed by atoms with E-state index in [0.29, 0.717) is 5.69 Å². The van der Waals surface area contributed by atoms with Crippen LogP contribution in [0.2, 0.25) is 0 Å². The SMILES string of the molecule is C[C@]12C=C[C@](C)(O1)[C@H]1C(=O)N(c3ccc(C(=O)O)cc3)C(=O)[C@H]12. The molecule has 2 bridgehead atoms. The Kier molecular flexibility index (Phi) is 2.51. The third-order valence-electron chi connectivity index (χ3n) is 5.10. The third-order valence-corrected chi connectivity index (χ3v) is 5.10. The molecular formula is C17H15NO5. The number of anilines is 1. The highest BCUT2D eigenvalue weighted by Gasteiger charge is 2.70. The topological polar surface area (TPSA) is 83.9 Å². The molecule has 1 N–H and O–H groups in total. The maximum atomic E-state index is 12.8. The fourth-order valence-corrected chi connectivity index (χ4v) is 4.04. The molecule has 0 unspecified atom stereocenters. The van der Waals surface area contributed by atoms with Gasteiger partial charge in [-0.15, -0.1) is 0 Å². The number of carboxylic acid groups (broad SMARTS) is 1. The van der Waals surface area contributed by atoms with E-state index < -0.39 is 29.0 Å². The van der Waals surface area contributed by atoms with E-state index in [0.717, 1.165) is 4.90 Å². The standard InChI is InChI=1S/C17H15NO5/c1-16-7-8-17(2,23-16)12-11(16)13(19)18(14(12)20)10-5-3-9(4-6-10)15(21)22/h3-8,11-12H,1-2H3,(H,21,22)/t11-,12+,16+,17-. The van der Waals surface area contributed by atoms with Crippen LogP contribution in [0.15, 0.2) is 36.4 Å². The smallest absolute Gasteiger partial charge is 0.335 e. The average molecular weight is 313 g/mol. The monoisotopic (exact) mass is 313 g/mol. The van der Waals surface area contributed by atoms with Crippen molar-refractivity contribution in [3.05, 3.63) is 42.0 Å². The number of aromatic carboxylic acids is 1. The highest BCUT2D eigenvalue weighted by atomic mass is 16.5. The van der Waals surface area contributed by atoms with Crippen LogP contribution >= 0.6 is 0 Å². The first-order chi connectivity index (χ1) is 10.8. The Morgan fingerprint density at radius 3 is 1.96 bits per heavy atom. The Bertz CT molecular complexity index is 747. The maximum absolute atomic E-state index is 12.8. The third kappa shape index (κ3) is 1.64. The molecule has 23 heavy (non-hydrogen) atoms. The van der Waals surface area contributed by atoms with E-state index in [1.54, 1.807) is 0 Å². The zero-order valence-electron chi connectivity index (χ0n) is 12.6. The highest BCUT2D eigenvalue weighted by Crippen LogP contribution is 2.57. The second-order valence-corrected chi connectivity index (χ2v) is 6.62. The van der Waals surface area contributed by atoms with Crippen LogP contribution in [0.1, 0.15) is 24.2 Å². The number of nitrogens with zero attached hydrogens (tertiary/aromatic N) is 1. The summed E-state index contributed by atoms with van der Waals surface area (Å²) in [6.45, 7) is 3.64. The lowest BCUT2D eigenvalue weighted by Crippen LogP contribution is -2.39. The van der Waals surface area contributed by atoms with Gasteiger partial charge >= 0.3 is 5.97 Å². The van der Waals surface area contributed by atoms with Crippen LogP contribution < -0.4 is 4.90 Å². The van der Waals surface area contributed by atoms with Crippen molar-refractivity contribution in [1.29, 1.82) is 0 Å². The molecule has 1 aromatic rings. The van der Waals surface area contributed by atoms with Gasteiger partial charge in [0.2, 0.25) is 11.8 Å². The molecule has 6 nitrogen and oxygen atoms in total. The minimum atomic E-state index is -1.05. The number of benzene rings is 1. The van der Waals surface area contributed by atoms with Crippen molar-refractivity contribution >= 4 is 23.5 Å². The zero-order chi connectivity index (χ0) is 16.6. The van der Waals surface area contributed by atoms with Crippen LogP contribution in [-0.2, 0) is 14.3 Å². The van der Waals surface area contributed by atoms with Crippen molar-refractivity contribution in [3.63, 3.8) is 0 Å². The zero-order valence-corrected chi connectivity index (χ0v) is 12.6. The Morgan fingerprint density at radius 1 is 1.04 bits per heavy atom. The van der Waals surface area contributed by atoms with Crippen molar-refractivity contribution in [2.45, 2.75) is 25.0 Å². The van der Waals surface area contributed by atoms with Gasteiger partial charge < -0.3 is 9.84 Å². The first-order valence-electron chi connectivity index (χ1n) is 7.39. The van der Waals surface area contributed by atoms with E-state index >= 15 is 0 Å². The highest BCUT2D eigenvalue weighted by molar-refractivity contribution is 6.23. The number of imide groups is 1. The number of hydrogen-bond donors (Lipinski definition) is 1. The lowest BCUT2D eigenvalue weighted by molar-refractivity contribution is -0.128. The summed E-state index contributed by atoms with van der Waals surface area (Å²) in [6.07, 6.45) is 3.72. The molecule has 3 aliphatic heterocycles. The first-order valence-corrected chi connectivity index (χ1v) is 7.39. The number of hydrogen-bond acceptors (Lipinski definition) is 4. The van der Waals surface area contributed by atoms with Crippen molar-refractivity contribution < 1.29 is 24.2 Å². The predicted octanol–water partition coefficient (Wildman–Crippen LogP) is 1.61. The van der Waals surface area contributed by atoms with E-state index in [2.05, 4.69) is 0 Å². The Labute approximate surface area is 132 Å². The van der Waals surface area contributed by atoms with Gasteiger partial charge in [0.1, 0.15) is 0 Å². The first kappa shape index (κ1) is 14.1. The van der Waals surface area contributed by atoms with Crippen LogP contribution in [0.4, 0.5) is 5.69 Å². The summed E-state index contributed by atoms with van der Waals surface area (Å²) in [5.74, 6) is -2.71. The number of amides is 2. The van der Waals surface area contributed by atoms with Crippen LogP contribution in [0.25, 0.3) is 0 Å². The van der Waals surface area contributed by atoms with E-state index in [9.17, 15) is 14.4 Å². The normalized spacial score (nSPS) is 37.6. The molecule has 3 heterocycles. The van der Waals surface area contributed by atoms with Crippen LogP contribution in [-0.4, -0.2) is 34.1 Å². The lowest BCUT2D eigenvalue weighted by atomic mass is 9.73. The van der Waals surface area contributed by atoms with Gasteiger partial charge in [0, 0.05) is 0 Å². The fraction of sp³-hybridized carbons (Fsp3) is 0.353. The molecule has 1 aromatic carbocycles. The molecule has 118 valence electrons. The largest absolute Gasteiger partial charge is 0.478 e. The summed E-state index contributed by atoms with van der Waals surface area (Å²) in [6, 6.07) is 5.75. The molecule has 4 rings (SSSR count). The molecule has 0 aliphatic carbocycles. The second-order valence-electron chi connectivity index (χ2n) is 6.62. The van der Waals surface area contributed by atoms with Gasteiger partial charge in [-0.25, -0.2) is 9.69 Å². The minimum absolute atomic E-state index is 0.108.